The molecule has 1 N–H and O–H groups in total. The monoisotopic (exact) mass is 274 g/mol. The molecule has 1 aromatic carbocycles. The van der Waals surface area contributed by atoms with Crippen molar-refractivity contribution in [3.8, 4) is 0 Å². The van der Waals surface area contributed by atoms with Gasteiger partial charge in [-0.3, -0.25) is 19.3 Å². The average Bonchev–Trinajstić information content (AvgIpc) is 2.78. The Balaban J connectivity index is 2.04. The van der Waals surface area contributed by atoms with Gasteiger partial charge in [-0.15, -0.1) is 0 Å². The van der Waals surface area contributed by atoms with Crippen molar-refractivity contribution in [2.24, 2.45) is 0 Å². The number of hydrogen-bond donors (Lipinski definition) is 1. The van der Waals surface area contributed by atoms with Crippen molar-refractivity contribution in [1.29, 1.82) is 0 Å². The van der Waals surface area contributed by atoms with Crippen LogP contribution in [0.5, 0.6) is 0 Å². The Labute approximate surface area is 118 Å². The number of benzene rings is 1. The van der Waals surface area contributed by atoms with Crippen LogP contribution in [0.1, 0.15) is 43.0 Å². The lowest BCUT2D eigenvalue weighted by molar-refractivity contribution is -0.121. The highest BCUT2D eigenvalue weighted by Crippen LogP contribution is 2.22. The Kier molecular flexibility index (Phi) is 4.50. The molecule has 5 heteroatoms. The number of unbranched alkanes of at least 4 members (excludes halogenated alkanes) is 1. The van der Waals surface area contributed by atoms with E-state index in [4.69, 9.17) is 0 Å². The molecule has 0 bridgehead atoms. The van der Waals surface area contributed by atoms with E-state index >= 15 is 0 Å². The fourth-order valence-electron chi connectivity index (χ4n) is 2.11. The summed E-state index contributed by atoms with van der Waals surface area (Å²) in [5.41, 5.74) is 1.06. The van der Waals surface area contributed by atoms with E-state index in [-0.39, 0.29) is 30.6 Å². The van der Waals surface area contributed by atoms with Gasteiger partial charge in [-0.1, -0.05) is 13.3 Å². The van der Waals surface area contributed by atoms with Crippen LogP contribution in [0.3, 0.4) is 0 Å². The first-order valence-electron chi connectivity index (χ1n) is 6.87. The Hall–Kier alpha value is -2.17. The number of carbonyl (C=O) groups is 3. The molecule has 0 aliphatic carbocycles. The van der Waals surface area contributed by atoms with Crippen LogP contribution < -0.4 is 10.2 Å². The molecule has 0 aromatic heterocycles. The molecule has 2 rings (SSSR count). The molecule has 0 saturated carbocycles. The van der Waals surface area contributed by atoms with Gasteiger partial charge in [-0.2, -0.15) is 0 Å². The third-order valence-electron chi connectivity index (χ3n) is 3.26. The molecule has 0 unspecified atom stereocenters. The van der Waals surface area contributed by atoms with Crippen molar-refractivity contribution < 1.29 is 14.4 Å². The molecule has 1 aromatic rings. The summed E-state index contributed by atoms with van der Waals surface area (Å²) in [6.45, 7) is 2.71. The number of hydrogen-bond acceptors (Lipinski definition) is 3. The lowest BCUT2D eigenvalue weighted by atomic mass is 10.2. The summed E-state index contributed by atoms with van der Waals surface area (Å²) < 4.78 is 0. The third-order valence-corrected chi connectivity index (χ3v) is 3.26. The molecule has 1 heterocycles. The number of anilines is 1. The summed E-state index contributed by atoms with van der Waals surface area (Å²) >= 11 is 0. The van der Waals surface area contributed by atoms with Gasteiger partial charge in [0.25, 0.3) is 5.91 Å². The molecule has 20 heavy (non-hydrogen) atoms. The van der Waals surface area contributed by atoms with Gasteiger partial charge in [0.1, 0.15) is 0 Å². The van der Waals surface area contributed by atoms with E-state index in [9.17, 15) is 14.4 Å². The van der Waals surface area contributed by atoms with Gasteiger partial charge >= 0.3 is 0 Å². The van der Waals surface area contributed by atoms with Gasteiger partial charge in [0, 0.05) is 24.9 Å². The van der Waals surface area contributed by atoms with Gasteiger partial charge in [0.05, 0.1) is 5.69 Å². The minimum absolute atomic E-state index is 0.135. The molecular formula is C15H18N2O3. The lowest BCUT2D eigenvalue weighted by Gasteiger charge is -2.14. The van der Waals surface area contributed by atoms with Gasteiger partial charge < -0.3 is 5.32 Å². The van der Waals surface area contributed by atoms with Crippen LogP contribution in [-0.2, 0) is 9.59 Å². The second-order valence-corrected chi connectivity index (χ2v) is 4.78. The van der Waals surface area contributed by atoms with E-state index in [0.29, 0.717) is 17.8 Å². The highest BCUT2D eigenvalue weighted by atomic mass is 16.2. The molecule has 3 amide bonds. The largest absolute Gasteiger partial charge is 0.352 e. The lowest BCUT2D eigenvalue weighted by Crippen LogP contribution is -2.28. The summed E-state index contributed by atoms with van der Waals surface area (Å²) in [7, 11) is 0. The van der Waals surface area contributed by atoms with Crippen molar-refractivity contribution in [3.63, 3.8) is 0 Å². The van der Waals surface area contributed by atoms with E-state index in [1.165, 1.54) is 4.90 Å². The van der Waals surface area contributed by atoms with Crippen LogP contribution in [0.4, 0.5) is 5.69 Å². The first-order valence-corrected chi connectivity index (χ1v) is 6.87. The zero-order valence-corrected chi connectivity index (χ0v) is 11.5. The van der Waals surface area contributed by atoms with Crippen molar-refractivity contribution in [2.45, 2.75) is 32.6 Å². The van der Waals surface area contributed by atoms with E-state index < -0.39 is 0 Å². The molecule has 1 saturated heterocycles. The zero-order valence-electron chi connectivity index (χ0n) is 11.5. The molecule has 0 radical (unpaired) electrons. The number of carbonyl (C=O) groups excluding carboxylic acids is 3. The summed E-state index contributed by atoms with van der Waals surface area (Å²) in [6.07, 6.45) is 2.50. The summed E-state index contributed by atoms with van der Waals surface area (Å²) in [5, 5.41) is 2.82. The Morgan fingerprint density at radius 2 is 1.75 bits per heavy atom. The minimum atomic E-state index is -0.185. The van der Waals surface area contributed by atoms with Crippen LogP contribution in [0.25, 0.3) is 0 Å². The fourth-order valence-corrected chi connectivity index (χ4v) is 2.11. The standard InChI is InChI=1S/C15H18N2O3/c1-2-3-10-16-15(20)11-4-6-12(7-5-11)17-13(18)8-9-14(17)19/h4-7H,2-3,8-10H2,1H3,(H,16,20). The highest BCUT2D eigenvalue weighted by molar-refractivity contribution is 6.19. The molecule has 1 aliphatic rings. The predicted octanol–water partition coefficient (Wildman–Crippen LogP) is 1.87. The molecule has 1 fully saturated rings. The molecule has 106 valence electrons. The van der Waals surface area contributed by atoms with Gasteiger partial charge in [-0.25, -0.2) is 0 Å². The topological polar surface area (TPSA) is 66.5 Å². The Morgan fingerprint density at radius 3 is 2.30 bits per heavy atom. The van der Waals surface area contributed by atoms with Crippen molar-refractivity contribution in [2.75, 3.05) is 11.4 Å². The predicted molar refractivity (Wildman–Crippen MR) is 75.4 cm³/mol. The second kappa shape index (κ2) is 6.32. The van der Waals surface area contributed by atoms with Crippen LogP contribution in [-0.4, -0.2) is 24.3 Å². The molecule has 0 atom stereocenters. The van der Waals surface area contributed by atoms with Crippen LogP contribution >= 0.6 is 0 Å². The van der Waals surface area contributed by atoms with Crippen LogP contribution in [0.2, 0.25) is 0 Å². The molecule has 1 aliphatic heterocycles. The van der Waals surface area contributed by atoms with E-state index in [0.717, 1.165) is 12.8 Å². The third kappa shape index (κ3) is 3.04. The maximum atomic E-state index is 11.8. The zero-order chi connectivity index (χ0) is 14.5. The number of nitrogens with zero attached hydrogens (tertiary/aromatic N) is 1. The number of nitrogens with one attached hydrogen (secondary N) is 1. The number of imide groups is 1. The maximum Gasteiger partial charge on any atom is 0.251 e. The molecular weight excluding hydrogens is 256 g/mol. The first kappa shape index (κ1) is 14.2. The average molecular weight is 274 g/mol. The Morgan fingerprint density at radius 1 is 1.15 bits per heavy atom. The van der Waals surface area contributed by atoms with Crippen LogP contribution in [0, 0.1) is 0 Å². The number of amides is 3. The van der Waals surface area contributed by atoms with Gasteiger partial charge in [-0.05, 0) is 30.7 Å². The van der Waals surface area contributed by atoms with Crippen LogP contribution in [0.15, 0.2) is 24.3 Å². The highest BCUT2D eigenvalue weighted by Gasteiger charge is 2.30. The normalized spacial score (nSPS) is 14.8. The van der Waals surface area contributed by atoms with E-state index in [1.807, 2.05) is 0 Å². The molecule has 5 nitrogen and oxygen atoms in total. The van der Waals surface area contributed by atoms with Gasteiger partial charge in [0.2, 0.25) is 11.8 Å². The van der Waals surface area contributed by atoms with E-state index in [1.54, 1.807) is 24.3 Å². The smallest absolute Gasteiger partial charge is 0.251 e. The second-order valence-electron chi connectivity index (χ2n) is 4.78. The first-order chi connectivity index (χ1) is 9.63. The van der Waals surface area contributed by atoms with Gasteiger partial charge in [0.15, 0.2) is 0 Å². The van der Waals surface area contributed by atoms with Crippen molar-refractivity contribution in [3.05, 3.63) is 29.8 Å². The quantitative estimate of drug-likeness (QED) is 0.658. The minimum Gasteiger partial charge on any atom is -0.352 e. The Bertz CT molecular complexity index is 506. The van der Waals surface area contributed by atoms with E-state index in [2.05, 4.69) is 12.2 Å². The summed E-state index contributed by atoms with van der Waals surface area (Å²) in [4.78, 5) is 36.2. The summed E-state index contributed by atoms with van der Waals surface area (Å²) in [5.74, 6) is -0.505. The van der Waals surface area contributed by atoms with Crippen molar-refractivity contribution in [1.82, 2.24) is 5.32 Å². The SMILES string of the molecule is CCCCNC(=O)c1ccc(N2C(=O)CCC2=O)cc1. The molecule has 0 spiro atoms. The summed E-state index contributed by atoms with van der Waals surface area (Å²) in [6, 6.07) is 6.54. The number of rotatable bonds is 5. The fraction of sp³-hybridized carbons (Fsp3) is 0.400. The van der Waals surface area contributed by atoms with Crippen molar-refractivity contribution >= 4 is 23.4 Å². The maximum absolute atomic E-state index is 11.8.